The van der Waals surface area contributed by atoms with Gasteiger partial charge in [-0.05, 0) is 39.9 Å². The number of amides is 2. The first kappa shape index (κ1) is 13.3. The van der Waals surface area contributed by atoms with Crippen LogP contribution < -0.4 is 5.32 Å². The van der Waals surface area contributed by atoms with E-state index in [1.54, 1.807) is 4.90 Å². The molecule has 0 aromatic heterocycles. The SMILES string of the molecule is CN(C)CCCN(C)C(=O)NC1CCCC1. The molecule has 0 atom stereocenters. The van der Waals surface area contributed by atoms with Crippen molar-refractivity contribution in [2.45, 2.75) is 38.1 Å². The molecule has 0 aliphatic heterocycles. The first-order chi connectivity index (χ1) is 7.59. The lowest BCUT2D eigenvalue weighted by Crippen LogP contribution is -2.42. The Morgan fingerprint density at radius 3 is 2.38 bits per heavy atom. The third-order valence-corrected chi connectivity index (χ3v) is 3.13. The average Bonchev–Trinajstić information content (AvgIpc) is 2.69. The number of rotatable bonds is 5. The van der Waals surface area contributed by atoms with E-state index in [0.29, 0.717) is 6.04 Å². The van der Waals surface area contributed by atoms with E-state index in [1.165, 1.54) is 12.8 Å². The van der Waals surface area contributed by atoms with Crippen LogP contribution in [0.4, 0.5) is 4.79 Å². The Hall–Kier alpha value is -0.770. The Morgan fingerprint density at radius 1 is 1.19 bits per heavy atom. The van der Waals surface area contributed by atoms with Gasteiger partial charge >= 0.3 is 6.03 Å². The highest BCUT2D eigenvalue weighted by molar-refractivity contribution is 5.74. The summed E-state index contributed by atoms with van der Waals surface area (Å²) in [4.78, 5) is 15.7. The molecule has 0 unspecified atom stereocenters. The molecule has 0 radical (unpaired) electrons. The van der Waals surface area contributed by atoms with E-state index in [4.69, 9.17) is 0 Å². The largest absolute Gasteiger partial charge is 0.335 e. The fourth-order valence-corrected chi connectivity index (χ4v) is 2.08. The van der Waals surface area contributed by atoms with Gasteiger partial charge in [0.2, 0.25) is 0 Å². The van der Waals surface area contributed by atoms with Crippen LogP contribution in [0.5, 0.6) is 0 Å². The van der Waals surface area contributed by atoms with Gasteiger partial charge in [-0.2, -0.15) is 0 Å². The van der Waals surface area contributed by atoms with Gasteiger partial charge in [0, 0.05) is 19.6 Å². The minimum absolute atomic E-state index is 0.0886. The summed E-state index contributed by atoms with van der Waals surface area (Å²) in [7, 11) is 5.98. The zero-order valence-electron chi connectivity index (χ0n) is 10.8. The summed E-state index contributed by atoms with van der Waals surface area (Å²) in [5.74, 6) is 0. The number of carbonyl (C=O) groups excluding carboxylic acids is 1. The molecule has 16 heavy (non-hydrogen) atoms. The van der Waals surface area contributed by atoms with Crippen molar-refractivity contribution >= 4 is 6.03 Å². The first-order valence-electron chi connectivity index (χ1n) is 6.26. The summed E-state index contributed by atoms with van der Waals surface area (Å²) in [5, 5.41) is 3.09. The molecule has 1 aliphatic rings. The molecule has 0 aromatic carbocycles. The van der Waals surface area contributed by atoms with Crippen molar-refractivity contribution in [2.75, 3.05) is 34.2 Å². The number of urea groups is 1. The Labute approximate surface area is 99.0 Å². The summed E-state index contributed by atoms with van der Waals surface area (Å²) in [6.07, 6.45) is 5.85. The zero-order chi connectivity index (χ0) is 12.0. The summed E-state index contributed by atoms with van der Waals surface area (Å²) >= 11 is 0. The van der Waals surface area contributed by atoms with Gasteiger partial charge in [-0.15, -0.1) is 0 Å². The molecule has 94 valence electrons. The third-order valence-electron chi connectivity index (χ3n) is 3.13. The van der Waals surface area contributed by atoms with Crippen molar-refractivity contribution in [1.29, 1.82) is 0 Å². The molecular formula is C12H25N3O. The fourth-order valence-electron chi connectivity index (χ4n) is 2.08. The van der Waals surface area contributed by atoms with Crippen LogP contribution >= 0.6 is 0 Å². The number of hydrogen-bond donors (Lipinski definition) is 1. The molecule has 1 fully saturated rings. The zero-order valence-corrected chi connectivity index (χ0v) is 10.8. The fraction of sp³-hybridized carbons (Fsp3) is 0.917. The van der Waals surface area contributed by atoms with Gasteiger partial charge in [-0.1, -0.05) is 12.8 Å². The van der Waals surface area contributed by atoms with Gasteiger partial charge in [-0.25, -0.2) is 4.79 Å². The highest BCUT2D eigenvalue weighted by atomic mass is 16.2. The maximum Gasteiger partial charge on any atom is 0.317 e. The van der Waals surface area contributed by atoms with Gasteiger partial charge in [0.1, 0.15) is 0 Å². The lowest BCUT2D eigenvalue weighted by Gasteiger charge is -2.21. The molecule has 1 saturated carbocycles. The van der Waals surface area contributed by atoms with Crippen LogP contribution in [0.2, 0.25) is 0 Å². The first-order valence-corrected chi connectivity index (χ1v) is 6.26. The van der Waals surface area contributed by atoms with E-state index in [2.05, 4.69) is 24.3 Å². The number of nitrogens with one attached hydrogen (secondary N) is 1. The van der Waals surface area contributed by atoms with Crippen molar-refractivity contribution in [2.24, 2.45) is 0 Å². The Kier molecular flexibility index (Phi) is 5.60. The number of hydrogen-bond acceptors (Lipinski definition) is 2. The maximum atomic E-state index is 11.8. The monoisotopic (exact) mass is 227 g/mol. The van der Waals surface area contributed by atoms with Gasteiger partial charge in [0.25, 0.3) is 0 Å². The molecule has 1 aliphatic carbocycles. The second-order valence-corrected chi connectivity index (χ2v) is 5.01. The maximum absolute atomic E-state index is 11.8. The minimum Gasteiger partial charge on any atom is -0.335 e. The standard InChI is InChI=1S/C12H25N3O/c1-14(2)9-6-10-15(3)12(16)13-11-7-4-5-8-11/h11H,4-10H2,1-3H3,(H,13,16). The predicted octanol–water partition coefficient (Wildman–Crippen LogP) is 1.52. The van der Waals surface area contributed by atoms with Gasteiger partial charge < -0.3 is 15.1 Å². The molecule has 1 rings (SSSR count). The lowest BCUT2D eigenvalue weighted by molar-refractivity contribution is 0.202. The molecule has 0 aromatic rings. The van der Waals surface area contributed by atoms with Crippen LogP contribution in [0.15, 0.2) is 0 Å². The second kappa shape index (κ2) is 6.74. The summed E-state index contributed by atoms with van der Waals surface area (Å²) in [5.41, 5.74) is 0. The quantitative estimate of drug-likeness (QED) is 0.773. The van der Waals surface area contributed by atoms with E-state index in [9.17, 15) is 4.79 Å². The Balaban J connectivity index is 2.14. The van der Waals surface area contributed by atoms with Crippen LogP contribution in [0.25, 0.3) is 0 Å². The van der Waals surface area contributed by atoms with Gasteiger partial charge in [0.05, 0.1) is 0 Å². The van der Waals surface area contributed by atoms with E-state index < -0.39 is 0 Å². The van der Waals surface area contributed by atoms with E-state index >= 15 is 0 Å². The second-order valence-electron chi connectivity index (χ2n) is 5.01. The molecule has 0 heterocycles. The van der Waals surface area contributed by atoms with Crippen LogP contribution in [-0.4, -0.2) is 56.1 Å². The number of carbonyl (C=O) groups is 1. The van der Waals surface area contributed by atoms with Gasteiger partial charge in [0.15, 0.2) is 0 Å². The third kappa shape index (κ3) is 4.84. The molecule has 4 nitrogen and oxygen atoms in total. The van der Waals surface area contributed by atoms with Gasteiger partial charge in [-0.3, -0.25) is 0 Å². The molecule has 0 spiro atoms. The van der Waals surface area contributed by atoms with Crippen LogP contribution in [0.3, 0.4) is 0 Å². The van der Waals surface area contributed by atoms with Crippen molar-refractivity contribution in [3.05, 3.63) is 0 Å². The highest BCUT2D eigenvalue weighted by Gasteiger charge is 2.18. The Morgan fingerprint density at radius 2 is 1.81 bits per heavy atom. The lowest BCUT2D eigenvalue weighted by atomic mass is 10.2. The van der Waals surface area contributed by atoms with Crippen molar-refractivity contribution in [3.8, 4) is 0 Å². The summed E-state index contributed by atoms with van der Waals surface area (Å²) < 4.78 is 0. The van der Waals surface area contributed by atoms with Crippen LogP contribution in [-0.2, 0) is 0 Å². The van der Waals surface area contributed by atoms with Crippen LogP contribution in [0.1, 0.15) is 32.1 Å². The topological polar surface area (TPSA) is 35.6 Å². The van der Waals surface area contributed by atoms with E-state index in [-0.39, 0.29) is 6.03 Å². The van der Waals surface area contributed by atoms with Crippen LogP contribution in [0, 0.1) is 0 Å². The normalized spacial score (nSPS) is 16.8. The van der Waals surface area contributed by atoms with Crippen molar-refractivity contribution in [1.82, 2.24) is 15.1 Å². The van der Waals surface area contributed by atoms with Crippen molar-refractivity contribution < 1.29 is 4.79 Å². The molecule has 2 amide bonds. The molecule has 0 saturated heterocycles. The highest BCUT2D eigenvalue weighted by Crippen LogP contribution is 2.17. The smallest absolute Gasteiger partial charge is 0.317 e. The molecule has 1 N–H and O–H groups in total. The van der Waals surface area contributed by atoms with E-state index in [1.807, 2.05) is 7.05 Å². The van der Waals surface area contributed by atoms with Crippen molar-refractivity contribution in [3.63, 3.8) is 0 Å². The summed E-state index contributed by atoms with van der Waals surface area (Å²) in [6, 6.07) is 0.509. The molecule has 4 heteroatoms. The van der Waals surface area contributed by atoms with E-state index in [0.717, 1.165) is 32.4 Å². The average molecular weight is 227 g/mol. The Bertz CT molecular complexity index is 212. The summed E-state index contributed by atoms with van der Waals surface area (Å²) in [6.45, 7) is 1.86. The molecular weight excluding hydrogens is 202 g/mol. The number of nitrogens with zero attached hydrogens (tertiary/aromatic N) is 2. The molecule has 0 bridgehead atoms. The predicted molar refractivity (Wildman–Crippen MR) is 66.6 cm³/mol. The minimum atomic E-state index is 0.0886.